The van der Waals surface area contributed by atoms with Crippen LogP contribution in [0, 0.1) is 0 Å². The van der Waals surface area contributed by atoms with E-state index in [1.54, 1.807) is 36.4 Å². The van der Waals surface area contributed by atoms with Crippen molar-refractivity contribution < 1.29 is 14.3 Å². The maximum atomic E-state index is 12.2. The highest BCUT2D eigenvalue weighted by Gasteiger charge is 2.14. The Kier molecular flexibility index (Phi) is 3.20. The van der Waals surface area contributed by atoms with E-state index in [4.69, 9.17) is 4.42 Å². The Labute approximate surface area is 123 Å². The molecule has 2 N–H and O–H groups in total. The SMILES string of the molecule is O=C(Nc1cccc2c(O)cccc12)c1ccoc1Br. The molecule has 0 saturated carbocycles. The summed E-state index contributed by atoms with van der Waals surface area (Å²) in [5, 5.41) is 14.1. The Morgan fingerprint density at radius 2 is 1.85 bits per heavy atom. The van der Waals surface area contributed by atoms with Crippen molar-refractivity contribution in [1.29, 1.82) is 0 Å². The molecular weight excluding hydrogens is 322 g/mol. The molecule has 0 aliphatic heterocycles. The number of hydrogen-bond acceptors (Lipinski definition) is 3. The van der Waals surface area contributed by atoms with Gasteiger partial charge in [-0.25, -0.2) is 0 Å². The van der Waals surface area contributed by atoms with Crippen molar-refractivity contribution in [1.82, 2.24) is 0 Å². The van der Waals surface area contributed by atoms with Gasteiger partial charge in [-0.05, 0) is 34.1 Å². The molecular formula is C15H10BrNO3. The molecule has 5 heteroatoms. The minimum Gasteiger partial charge on any atom is -0.507 e. The molecule has 0 unspecified atom stereocenters. The number of amides is 1. The summed E-state index contributed by atoms with van der Waals surface area (Å²) in [7, 11) is 0. The van der Waals surface area contributed by atoms with Gasteiger partial charge < -0.3 is 14.8 Å². The van der Waals surface area contributed by atoms with Gasteiger partial charge in [-0.1, -0.05) is 24.3 Å². The molecule has 100 valence electrons. The number of hydrogen-bond donors (Lipinski definition) is 2. The first-order valence-corrected chi connectivity index (χ1v) is 6.71. The van der Waals surface area contributed by atoms with Crippen molar-refractivity contribution >= 4 is 38.3 Å². The van der Waals surface area contributed by atoms with Crippen LogP contribution in [0.3, 0.4) is 0 Å². The van der Waals surface area contributed by atoms with Crippen molar-refractivity contribution in [3.05, 3.63) is 59.0 Å². The number of fused-ring (bicyclic) bond motifs is 1. The zero-order chi connectivity index (χ0) is 14.1. The van der Waals surface area contributed by atoms with Crippen molar-refractivity contribution in [2.45, 2.75) is 0 Å². The van der Waals surface area contributed by atoms with Gasteiger partial charge in [-0.2, -0.15) is 0 Å². The van der Waals surface area contributed by atoms with Crippen LogP contribution in [-0.2, 0) is 0 Å². The number of carbonyl (C=O) groups excluding carboxylic acids is 1. The lowest BCUT2D eigenvalue weighted by molar-refractivity contribution is 0.102. The summed E-state index contributed by atoms with van der Waals surface area (Å²) in [6, 6.07) is 12.1. The maximum Gasteiger partial charge on any atom is 0.260 e. The quantitative estimate of drug-likeness (QED) is 0.741. The second-order valence-corrected chi connectivity index (χ2v) is 4.96. The lowest BCUT2D eigenvalue weighted by atomic mass is 10.1. The van der Waals surface area contributed by atoms with Gasteiger partial charge in [0.15, 0.2) is 4.67 Å². The minimum absolute atomic E-state index is 0.183. The maximum absolute atomic E-state index is 12.2. The van der Waals surface area contributed by atoms with Crippen LogP contribution in [0.15, 0.2) is 57.8 Å². The first-order valence-electron chi connectivity index (χ1n) is 5.92. The zero-order valence-corrected chi connectivity index (χ0v) is 11.8. The van der Waals surface area contributed by atoms with Crippen LogP contribution in [-0.4, -0.2) is 11.0 Å². The summed E-state index contributed by atoms with van der Waals surface area (Å²) in [5.74, 6) is -0.0930. The molecule has 4 nitrogen and oxygen atoms in total. The Balaban J connectivity index is 2.02. The standard InChI is InChI=1S/C15H10BrNO3/c16-14-11(7-8-20-14)15(19)17-12-5-1-4-10-9(12)3-2-6-13(10)18/h1-8,18H,(H,17,19). The summed E-state index contributed by atoms with van der Waals surface area (Å²) in [6.45, 7) is 0. The first kappa shape index (κ1) is 12.7. The highest BCUT2D eigenvalue weighted by molar-refractivity contribution is 9.10. The second kappa shape index (κ2) is 5.02. The molecule has 3 aromatic rings. The van der Waals surface area contributed by atoms with Crippen LogP contribution in [0.4, 0.5) is 5.69 Å². The monoisotopic (exact) mass is 331 g/mol. The number of rotatable bonds is 2. The third-order valence-electron chi connectivity index (χ3n) is 3.01. The lowest BCUT2D eigenvalue weighted by Gasteiger charge is -2.09. The Bertz CT molecular complexity index is 795. The Hall–Kier alpha value is -2.27. The zero-order valence-electron chi connectivity index (χ0n) is 10.3. The summed E-state index contributed by atoms with van der Waals surface area (Å²) in [5.41, 5.74) is 1.05. The topological polar surface area (TPSA) is 62.5 Å². The second-order valence-electron chi connectivity index (χ2n) is 4.24. The fourth-order valence-electron chi connectivity index (χ4n) is 2.05. The van der Waals surface area contributed by atoms with Crippen molar-refractivity contribution in [3.8, 4) is 5.75 Å². The number of carbonyl (C=O) groups is 1. The number of aromatic hydroxyl groups is 1. The van der Waals surface area contributed by atoms with Crippen LogP contribution < -0.4 is 5.32 Å². The van der Waals surface area contributed by atoms with E-state index in [9.17, 15) is 9.90 Å². The molecule has 20 heavy (non-hydrogen) atoms. The molecule has 3 rings (SSSR count). The van der Waals surface area contributed by atoms with E-state index in [0.717, 1.165) is 5.39 Å². The number of benzene rings is 2. The van der Waals surface area contributed by atoms with Gasteiger partial charge in [0.05, 0.1) is 11.8 Å². The van der Waals surface area contributed by atoms with Gasteiger partial charge in [0.2, 0.25) is 0 Å². The fourth-order valence-corrected chi connectivity index (χ4v) is 2.47. The van der Waals surface area contributed by atoms with E-state index >= 15 is 0 Å². The number of furan rings is 1. The predicted octanol–water partition coefficient (Wildman–Crippen LogP) is 4.15. The summed E-state index contributed by atoms with van der Waals surface area (Å²) in [4.78, 5) is 12.2. The molecule has 0 spiro atoms. The van der Waals surface area contributed by atoms with Gasteiger partial charge in [-0.15, -0.1) is 0 Å². The number of nitrogens with one attached hydrogen (secondary N) is 1. The van der Waals surface area contributed by atoms with E-state index in [1.807, 2.05) is 6.07 Å². The molecule has 0 aliphatic rings. The average molecular weight is 332 g/mol. The van der Waals surface area contributed by atoms with E-state index < -0.39 is 0 Å². The van der Waals surface area contributed by atoms with Gasteiger partial charge >= 0.3 is 0 Å². The number of phenols is 1. The third kappa shape index (κ3) is 2.16. The molecule has 0 saturated heterocycles. The molecule has 1 amide bonds. The van der Waals surface area contributed by atoms with Gasteiger partial charge in [0, 0.05) is 16.5 Å². The van der Waals surface area contributed by atoms with Crippen LogP contribution in [0.2, 0.25) is 0 Å². The largest absolute Gasteiger partial charge is 0.507 e. The van der Waals surface area contributed by atoms with Crippen LogP contribution >= 0.6 is 15.9 Å². The molecule has 1 aromatic heterocycles. The molecule has 1 heterocycles. The predicted molar refractivity (Wildman–Crippen MR) is 80.0 cm³/mol. The van der Waals surface area contributed by atoms with Crippen molar-refractivity contribution in [3.63, 3.8) is 0 Å². The molecule has 0 aliphatic carbocycles. The smallest absolute Gasteiger partial charge is 0.260 e. The molecule has 2 aromatic carbocycles. The molecule has 0 atom stereocenters. The fraction of sp³-hybridized carbons (Fsp3) is 0. The normalized spacial score (nSPS) is 10.7. The highest BCUT2D eigenvalue weighted by atomic mass is 79.9. The van der Waals surface area contributed by atoms with E-state index in [1.165, 1.54) is 6.26 Å². The number of halogens is 1. The average Bonchev–Trinajstić information content (AvgIpc) is 2.86. The Morgan fingerprint density at radius 3 is 2.60 bits per heavy atom. The van der Waals surface area contributed by atoms with Crippen molar-refractivity contribution in [2.75, 3.05) is 5.32 Å². The van der Waals surface area contributed by atoms with E-state index in [0.29, 0.717) is 21.3 Å². The first-order chi connectivity index (χ1) is 9.66. The molecule has 0 fully saturated rings. The lowest BCUT2D eigenvalue weighted by Crippen LogP contribution is -2.11. The highest BCUT2D eigenvalue weighted by Crippen LogP contribution is 2.30. The van der Waals surface area contributed by atoms with Gasteiger partial charge in [0.1, 0.15) is 5.75 Å². The Morgan fingerprint density at radius 1 is 1.10 bits per heavy atom. The van der Waals surface area contributed by atoms with Crippen LogP contribution in [0.1, 0.15) is 10.4 Å². The summed E-state index contributed by atoms with van der Waals surface area (Å²) in [6.07, 6.45) is 1.44. The number of anilines is 1. The summed E-state index contributed by atoms with van der Waals surface area (Å²) >= 11 is 3.17. The molecule has 0 radical (unpaired) electrons. The molecule has 0 bridgehead atoms. The summed E-state index contributed by atoms with van der Waals surface area (Å²) < 4.78 is 5.43. The van der Waals surface area contributed by atoms with Crippen LogP contribution in [0.5, 0.6) is 5.75 Å². The third-order valence-corrected chi connectivity index (χ3v) is 3.62. The van der Waals surface area contributed by atoms with E-state index in [-0.39, 0.29) is 11.7 Å². The number of phenolic OH excluding ortho intramolecular Hbond substituents is 1. The van der Waals surface area contributed by atoms with Gasteiger partial charge in [0.25, 0.3) is 5.91 Å². The van der Waals surface area contributed by atoms with Crippen molar-refractivity contribution in [2.24, 2.45) is 0 Å². The minimum atomic E-state index is -0.276. The van der Waals surface area contributed by atoms with Crippen LogP contribution in [0.25, 0.3) is 10.8 Å². The van der Waals surface area contributed by atoms with Gasteiger partial charge in [-0.3, -0.25) is 4.79 Å². The van der Waals surface area contributed by atoms with E-state index in [2.05, 4.69) is 21.2 Å².